The standard InChI is InChI=1S/C23H24F6N2O3/c1-33-20(18-7-8-31(21(30)32)12-19(18)15-5-3-2-4-6-15)34-13-14-9-16(22(24,25)26)11-17(10-14)23(27,28)29/h2-6,9-11,18-20H,7-8,12-13H2,1H3,(H2,30,32). The highest BCUT2D eigenvalue weighted by Crippen LogP contribution is 2.38. The van der Waals surface area contributed by atoms with Gasteiger partial charge in [-0.05, 0) is 35.7 Å². The summed E-state index contributed by atoms with van der Waals surface area (Å²) in [6, 6.07) is 9.93. The quantitative estimate of drug-likeness (QED) is 0.436. The lowest BCUT2D eigenvalue weighted by molar-refractivity contribution is -0.174. The van der Waals surface area contributed by atoms with E-state index in [9.17, 15) is 31.1 Å². The van der Waals surface area contributed by atoms with E-state index in [0.717, 1.165) is 5.56 Å². The number of hydrogen-bond acceptors (Lipinski definition) is 3. The molecule has 1 aliphatic rings. The summed E-state index contributed by atoms with van der Waals surface area (Å²) in [5.41, 5.74) is 3.21. The molecule has 3 rings (SSSR count). The Hall–Kier alpha value is -2.79. The normalized spacial score (nSPS) is 20.3. The molecule has 3 unspecified atom stereocenters. The zero-order valence-corrected chi connectivity index (χ0v) is 18.2. The van der Waals surface area contributed by atoms with Crippen LogP contribution in [0.4, 0.5) is 31.1 Å². The van der Waals surface area contributed by atoms with Crippen LogP contribution in [0.15, 0.2) is 48.5 Å². The average Bonchev–Trinajstić information content (AvgIpc) is 2.78. The van der Waals surface area contributed by atoms with Crippen LogP contribution < -0.4 is 5.73 Å². The first-order valence-corrected chi connectivity index (χ1v) is 10.4. The maximum atomic E-state index is 13.2. The van der Waals surface area contributed by atoms with Crippen molar-refractivity contribution < 1.29 is 40.6 Å². The summed E-state index contributed by atoms with van der Waals surface area (Å²) in [6.45, 7) is 0.0619. The topological polar surface area (TPSA) is 64.8 Å². The van der Waals surface area contributed by atoms with Gasteiger partial charge in [0.1, 0.15) is 0 Å². The fraction of sp³-hybridized carbons (Fsp3) is 0.435. The summed E-state index contributed by atoms with van der Waals surface area (Å²) in [5, 5.41) is 0. The summed E-state index contributed by atoms with van der Waals surface area (Å²) in [5.74, 6) is -0.587. The number of amides is 2. The van der Waals surface area contributed by atoms with Gasteiger partial charge in [-0.2, -0.15) is 26.3 Å². The minimum Gasteiger partial charge on any atom is -0.356 e. The first-order chi connectivity index (χ1) is 15.9. The van der Waals surface area contributed by atoms with E-state index in [4.69, 9.17) is 15.2 Å². The Balaban J connectivity index is 1.84. The smallest absolute Gasteiger partial charge is 0.356 e. The summed E-state index contributed by atoms with van der Waals surface area (Å²) >= 11 is 0. The van der Waals surface area contributed by atoms with Crippen LogP contribution in [0, 0.1) is 5.92 Å². The molecule has 0 radical (unpaired) electrons. The summed E-state index contributed by atoms with van der Waals surface area (Å²) < 4.78 is 90.1. The second kappa shape index (κ2) is 10.2. The molecule has 186 valence electrons. The van der Waals surface area contributed by atoms with Crippen LogP contribution in [0.25, 0.3) is 0 Å². The van der Waals surface area contributed by atoms with Gasteiger partial charge in [0.15, 0.2) is 6.29 Å². The zero-order valence-electron chi connectivity index (χ0n) is 18.2. The first-order valence-electron chi connectivity index (χ1n) is 10.4. The molecule has 1 heterocycles. The number of methoxy groups -OCH3 is 1. The number of carbonyl (C=O) groups excluding carboxylic acids is 1. The summed E-state index contributed by atoms with van der Waals surface area (Å²) in [4.78, 5) is 13.2. The van der Waals surface area contributed by atoms with E-state index in [0.29, 0.717) is 25.1 Å². The van der Waals surface area contributed by atoms with Crippen molar-refractivity contribution in [1.82, 2.24) is 4.90 Å². The van der Waals surface area contributed by atoms with Gasteiger partial charge in [0.05, 0.1) is 17.7 Å². The van der Waals surface area contributed by atoms with E-state index >= 15 is 0 Å². The number of alkyl halides is 6. The molecule has 0 saturated carbocycles. The van der Waals surface area contributed by atoms with Crippen molar-refractivity contribution in [1.29, 1.82) is 0 Å². The van der Waals surface area contributed by atoms with E-state index in [1.54, 1.807) is 0 Å². The number of carbonyl (C=O) groups is 1. The molecule has 1 fully saturated rings. The molecule has 0 bridgehead atoms. The maximum absolute atomic E-state index is 13.2. The van der Waals surface area contributed by atoms with Gasteiger partial charge in [-0.15, -0.1) is 0 Å². The largest absolute Gasteiger partial charge is 0.416 e. The van der Waals surface area contributed by atoms with Crippen LogP contribution in [0.2, 0.25) is 0 Å². The second-order valence-electron chi connectivity index (χ2n) is 8.08. The number of nitrogens with two attached hydrogens (primary N) is 1. The van der Waals surface area contributed by atoms with Crippen LogP contribution in [0.5, 0.6) is 0 Å². The van der Waals surface area contributed by atoms with Crippen LogP contribution in [-0.2, 0) is 28.4 Å². The highest BCUT2D eigenvalue weighted by atomic mass is 19.4. The molecule has 0 spiro atoms. The SMILES string of the molecule is COC(OCc1cc(C(F)(F)F)cc(C(F)(F)F)c1)C1CCN(C(N)=O)CC1c1ccccc1. The number of piperidine rings is 1. The van der Waals surface area contributed by atoms with E-state index in [2.05, 4.69) is 0 Å². The van der Waals surface area contributed by atoms with Crippen molar-refractivity contribution in [3.8, 4) is 0 Å². The van der Waals surface area contributed by atoms with Crippen LogP contribution >= 0.6 is 0 Å². The van der Waals surface area contributed by atoms with Crippen molar-refractivity contribution in [2.24, 2.45) is 11.7 Å². The molecule has 1 saturated heterocycles. The molecule has 2 aromatic rings. The fourth-order valence-electron chi connectivity index (χ4n) is 4.20. The van der Waals surface area contributed by atoms with Gasteiger partial charge in [0, 0.05) is 32.0 Å². The van der Waals surface area contributed by atoms with E-state index in [1.165, 1.54) is 12.0 Å². The molecule has 2 amide bonds. The number of halogens is 6. The number of primary amides is 1. The molecular formula is C23H24F6N2O3. The van der Waals surface area contributed by atoms with E-state index < -0.39 is 42.4 Å². The molecule has 5 nitrogen and oxygen atoms in total. The van der Waals surface area contributed by atoms with Crippen LogP contribution in [0.1, 0.15) is 34.6 Å². The number of likely N-dealkylation sites (tertiary alicyclic amines) is 1. The minimum absolute atomic E-state index is 0.0717. The van der Waals surface area contributed by atoms with Gasteiger partial charge in [-0.25, -0.2) is 4.79 Å². The van der Waals surface area contributed by atoms with Gasteiger partial charge < -0.3 is 20.1 Å². The highest BCUT2D eigenvalue weighted by molar-refractivity contribution is 5.72. The van der Waals surface area contributed by atoms with Gasteiger partial charge in [0.25, 0.3) is 0 Å². The van der Waals surface area contributed by atoms with Crippen molar-refractivity contribution in [3.05, 3.63) is 70.8 Å². The Kier molecular flexibility index (Phi) is 7.77. The number of urea groups is 1. The van der Waals surface area contributed by atoms with E-state index in [-0.39, 0.29) is 30.0 Å². The lowest BCUT2D eigenvalue weighted by Crippen LogP contribution is -2.48. The Morgan fingerprint density at radius 2 is 1.65 bits per heavy atom. The monoisotopic (exact) mass is 490 g/mol. The third kappa shape index (κ3) is 6.20. The van der Waals surface area contributed by atoms with Crippen LogP contribution in [-0.4, -0.2) is 37.4 Å². The van der Waals surface area contributed by atoms with Gasteiger partial charge >= 0.3 is 18.4 Å². The third-order valence-electron chi connectivity index (χ3n) is 5.85. The number of ether oxygens (including phenoxy) is 2. The maximum Gasteiger partial charge on any atom is 0.416 e. The molecular weight excluding hydrogens is 466 g/mol. The number of rotatable bonds is 6. The van der Waals surface area contributed by atoms with Crippen LogP contribution in [0.3, 0.4) is 0 Å². The van der Waals surface area contributed by atoms with Crippen molar-refractivity contribution >= 4 is 6.03 Å². The minimum atomic E-state index is -4.95. The molecule has 0 aliphatic carbocycles. The molecule has 34 heavy (non-hydrogen) atoms. The second-order valence-corrected chi connectivity index (χ2v) is 8.08. The first kappa shape index (κ1) is 25.8. The van der Waals surface area contributed by atoms with Crippen molar-refractivity contribution in [3.63, 3.8) is 0 Å². The number of nitrogens with zero attached hydrogens (tertiary/aromatic N) is 1. The zero-order chi connectivity index (χ0) is 25.1. The average molecular weight is 490 g/mol. The van der Waals surface area contributed by atoms with Gasteiger partial charge in [0.2, 0.25) is 0 Å². The lowest BCUT2D eigenvalue weighted by Gasteiger charge is -2.41. The Bertz CT molecular complexity index is 949. The summed E-state index contributed by atoms with van der Waals surface area (Å²) in [7, 11) is 1.35. The molecule has 0 aromatic heterocycles. The van der Waals surface area contributed by atoms with Gasteiger partial charge in [-0.1, -0.05) is 30.3 Å². The Labute approximate surface area is 192 Å². The Morgan fingerprint density at radius 1 is 1.06 bits per heavy atom. The third-order valence-corrected chi connectivity index (χ3v) is 5.85. The Morgan fingerprint density at radius 3 is 2.15 bits per heavy atom. The fourth-order valence-corrected chi connectivity index (χ4v) is 4.20. The number of benzene rings is 2. The molecule has 2 aromatic carbocycles. The molecule has 3 atom stereocenters. The van der Waals surface area contributed by atoms with Crippen molar-refractivity contribution in [2.45, 2.75) is 37.6 Å². The predicted octanol–water partition coefficient (Wildman–Crippen LogP) is 5.40. The van der Waals surface area contributed by atoms with Gasteiger partial charge in [-0.3, -0.25) is 0 Å². The lowest BCUT2D eigenvalue weighted by atomic mass is 9.80. The van der Waals surface area contributed by atoms with E-state index in [1.807, 2.05) is 30.3 Å². The highest BCUT2D eigenvalue weighted by Gasteiger charge is 2.39. The summed E-state index contributed by atoms with van der Waals surface area (Å²) in [6.07, 6.45) is -10.4. The predicted molar refractivity (Wildman–Crippen MR) is 110 cm³/mol. The van der Waals surface area contributed by atoms with Crippen molar-refractivity contribution in [2.75, 3.05) is 20.2 Å². The number of hydrogen-bond donors (Lipinski definition) is 1. The molecule has 2 N–H and O–H groups in total. The molecule has 1 aliphatic heterocycles. The molecule has 11 heteroatoms.